The van der Waals surface area contributed by atoms with E-state index >= 15 is 0 Å². The fourth-order valence-electron chi connectivity index (χ4n) is 2.39. The van der Waals surface area contributed by atoms with Crippen LogP contribution in [0.5, 0.6) is 5.75 Å². The molecule has 1 aromatic rings. The van der Waals surface area contributed by atoms with E-state index < -0.39 is 0 Å². The Hall–Kier alpha value is -1.55. The standard InChI is InChI=1S/C15H23N3O/c16-18-15(12-19-14-10-6-3-7-11-14)17-13-8-4-1-2-5-9-13/h3,6-7,10-11,13H,1-2,4-5,8-9,12,16H2,(H,17,18). The number of rotatable bonds is 4. The molecule has 0 atom stereocenters. The Balaban J connectivity index is 1.87. The monoisotopic (exact) mass is 261 g/mol. The summed E-state index contributed by atoms with van der Waals surface area (Å²) in [5, 5.41) is 0. The fourth-order valence-corrected chi connectivity index (χ4v) is 2.39. The Labute approximate surface area is 115 Å². The number of hydrogen-bond acceptors (Lipinski definition) is 3. The number of hydrogen-bond donors (Lipinski definition) is 2. The van der Waals surface area contributed by atoms with E-state index in [1.807, 2.05) is 30.3 Å². The number of nitrogens with two attached hydrogens (primary N) is 1. The molecule has 104 valence electrons. The Morgan fingerprint density at radius 1 is 1.16 bits per heavy atom. The third-order valence-corrected chi connectivity index (χ3v) is 3.45. The molecule has 4 nitrogen and oxygen atoms in total. The van der Waals surface area contributed by atoms with E-state index in [1.54, 1.807) is 0 Å². The van der Waals surface area contributed by atoms with Gasteiger partial charge >= 0.3 is 0 Å². The molecule has 1 aliphatic carbocycles. The molecule has 3 N–H and O–H groups in total. The summed E-state index contributed by atoms with van der Waals surface area (Å²) in [5.41, 5.74) is 2.67. The van der Waals surface area contributed by atoms with Gasteiger partial charge in [-0.2, -0.15) is 0 Å². The molecule has 0 amide bonds. The molecule has 0 bridgehead atoms. The third kappa shape index (κ3) is 4.91. The van der Waals surface area contributed by atoms with Crippen molar-refractivity contribution in [3.05, 3.63) is 30.3 Å². The molecule has 0 spiro atoms. The molecule has 4 heteroatoms. The van der Waals surface area contributed by atoms with Crippen LogP contribution in [0.2, 0.25) is 0 Å². The van der Waals surface area contributed by atoms with Crippen LogP contribution in [-0.4, -0.2) is 18.5 Å². The Morgan fingerprint density at radius 3 is 2.47 bits per heavy atom. The van der Waals surface area contributed by atoms with Crippen molar-refractivity contribution in [3.8, 4) is 5.75 Å². The maximum atomic E-state index is 5.66. The highest BCUT2D eigenvalue weighted by Gasteiger charge is 2.12. The highest BCUT2D eigenvalue weighted by molar-refractivity contribution is 5.83. The largest absolute Gasteiger partial charge is 0.486 e. The van der Waals surface area contributed by atoms with Gasteiger partial charge in [-0.25, -0.2) is 5.84 Å². The first-order valence-corrected chi connectivity index (χ1v) is 7.09. The predicted molar refractivity (Wildman–Crippen MR) is 78.2 cm³/mol. The van der Waals surface area contributed by atoms with Crippen LogP contribution in [0.4, 0.5) is 0 Å². The maximum Gasteiger partial charge on any atom is 0.149 e. The van der Waals surface area contributed by atoms with Crippen LogP contribution in [0, 0.1) is 0 Å². The Bertz CT molecular complexity index is 384. The molecule has 0 unspecified atom stereocenters. The normalized spacial score (nSPS) is 17.8. The quantitative estimate of drug-likeness (QED) is 0.288. The number of ether oxygens (including phenoxy) is 1. The van der Waals surface area contributed by atoms with E-state index in [9.17, 15) is 0 Å². The zero-order valence-corrected chi connectivity index (χ0v) is 11.3. The molecule has 0 radical (unpaired) electrons. The van der Waals surface area contributed by atoms with Crippen molar-refractivity contribution in [2.45, 2.75) is 44.6 Å². The van der Waals surface area contributed by atoms with Gasteiger partial charge in [0.15, 0.2) is 0 Å². The van der Waals surface area contributed by atoms with Crippen molar-refractivity contribution in [2.24, 2.45) is 10.8 Å². The Kier molecular flexibility index (Phi) is 5.69. The first kappa shape index (κ1) is 13.9. The smallest absolute Gasteiger partial charge is 0.149 e. The van der Waals surface area contributed by atoms with Crippen molar-refractivity contribution >= 4 is 5.84 Å². The molecule has 1 aromatic carbocycles. The lowest BCUT2D eigenvalue weighted by molar-refractivity contribution is 0.370. The van der Waals surface area contributed by atoms with Gasteiger partial charge in [0.25, 0.3) is 0 Å². The second-order valence-electron chi connectivity index (χ2n) is 4.97. The molecule has 19 heavy (non-hydrogen) atoms. The maximum absolute atomic E-state index is 5.66. The molecule has 1 fully saturated rings. The molecule has 0 aromatic heterocycles. The third-order valence-electron chi connectivity index (χ3n) is 3.45. The summed E-state index contributed by atoms with van der Waals surface area (Å²) in [6, 6.07) is 10.1. The number of benzene rings is 1. The summed E-state index contributed by atoms with van der Waals surface area (Å²) in [7, 11) is 0. The van der Waals surface area contributed by atoms with Gasteiger partial charge in [-0.15, -0.1) is 0 Å². The van der Waals surface area contributed by atoms with E-state index in [2.05, 4.69) is 10.4 Å². The van der Waals surface area contributed by atoms with Crippen molar-refractivity contribution < 1.29 is 4.74 Å². The van der Waals surface area contributed by atoms with E-state index in [0.717, 1.165) is 24.4 Å². The number of hydrazine groups is 1. The van der Waals surface area contributed by atoms with Crippen LogP contribution in [0.15, 0.2) is 35.3 Å². The molecule has 0 heterocycles. The van der Waals surface area contributed by atoms with Gasteiger partial charge in [-0.05, 0) is 25.0 Å². The van der Waals surface area contributed by atoms with Crippen LogP contribution in [0.3, 0.4) is 0 Å². The average molecular weight is 261 g/mol. The van der Waals surface area contributed by atoms with Crippen LogP contribution in [0.25, 0.3) is 0 Å². The Morgan fingerprint density at radius 2 is 1.84 bits per heavy atom. The highest BCUT2D eigenvalue weighted by Crippen LogP contribution is 2.19. The zero-order chi connectivity index (χ0) is 13.3. The summed E-state index contributed by atoms with van der Waals surface area (Å²) in [5.74, 6) is 7.10. The number of amidine groups is 1. The van der Waals surface area contributed by atoms with E-state index in [1.165, 1.54) is 25.7 Å². The molecule has 0 aliphatic heterocycles. The zero-order valence-electron chi connectivity index (χ0n) is 11.3. The lowest BCUT2D eigenvalue weighted by Gasteiger charge is -2.13. The van der Waals surface area contributed by atoms with Crippen molar-refractivity contribution in [1.29, 1.82) is 0 Å². The lowest BCUT2D eigenvalue weighted by atomic mass is 10.1. The SMILES string of the molecule is NNC(COc1ccccc1)=NC1CCCCCC1. The van der Waals surface area contributed by atoms with Gasteiger partial charge in [0.2, 0.25) is 0 Å². The summed E-state index contributed by atoms with van der Waals surface area (Å²) >= 11 is 0. The average Bonchev–Trinajstić information content (AvgIpc) is 2.73. The van der Waals surface area contributed by atoms with Gasteiger partial charge in [0, 0.05) is 0 Å². The van der Waals surface area contributed by atoms with Gasteiger partial charge in [-0.1, -0.05) is 43.9 Å². The summed E-state index contributed by atoms with van der Waals surface area (Å²) in [6.45, 7) is 0.400. The molecule has 1 aliphatic rings. The summed E-state index contributed by atoms with van der Waals surface area (Å²) < 4.78 is 5.66. The van der Waals surface area contributed by atoms with Crippen molar-refractivity contribution in [2.75, 3.05) is 6.61 Å². The number of aliphatic imine (C=N–C) groups is 1. The molecular weight excluding hydrogens is 238 g/mol. The number of para-hydroxylation sites is 1. The highest BCUT2D eigenvalue weighted by atomic mass is 16.5. The molecular formula is C15H23N3O. The van der Waals surface area contributed by atoms with E-state index in [4.69, 9.17) is 10.6 Å². The predicted octanol–water partition coefficient (Wildman–Crippen LogP) is 2.65. The molecule has 0 saturated heterocycles. The van der Waals surface area contributed by atoms with Crippen LogP contribution >= 0.6 is 0 Å². The lowest BCUT2D eigenvalue weighted by Crippen LogP contribution is -2.36. The van der Waals surface area contributed by atoms with Crippen LogP contribution < -0.4 is 16.0 Å². The second-order valence-corrected chi connectivity index (χ2v) is 4.97. The minimum atomic E-state index is 0.396. The number of nitrogens with one attached hydrogen (secondary N) is 1. The van der Waals surface area contributed by atoms with Gasteiger partial charge in [-0.3, -0.25) is 4.99 Å². The fraction of sp³-hybridized carbons (Fsp3) is 0.533. The first-order valence-electron chi connectivity index (χ1n) is 7.09. The number of nitrogens with zero attached hydrogens (tertiary/aromatic N) is 1. The minimum Gasteiger partial charge on any atom is -0.486 e. The topological polar surface area (TPSA) is 59.6 Å². The van der Waals surface area contributed by atoms with Gasteiger partial charge in [0.05, 0.1) is 6.04 Å². The minimum absolute atomic E-state index is 0.396. The molecule has 1 saturated carbocycles. The van der Waals surface area contributed by atoms with E-state index in [0.29, 0.717) is 12.6 Å². The van der Waals surface area contributed by atoms with Crippen LogP contribution in [-0.2, 0) is 0 Å². The summed E-state index contributed by atoms with van der Waals surface area (Å²) in [4.78, 5) is 4.68. The summed E-state index contributed by atoms with van der Waals surface area (Å²) in [6.07, 6.45) is 7.53. The van der Waals surface area contributed by atoms with Gasteiger partial charge in [0.1, 0.15) is 18.2 Å². The van der Waals surface area contributed by atoms with Crippen molar-refractivity contribution in [3.63, 3.8) is 0 Å². The second kappa shape index (κ2) is 7.79. The van der Waals surface area contributed by atoms with Crippen LogP contribution in [0.1, 0.15) is 38.5 Å². The van der Waals surface area contributed by atoms with Gasteiger partial charge < -0.3 is 10.2 Å². The molecule has 2 rings (SSSR count). The van der Waals surface area contributed by atoms with E-state index in [-0.39, 0.29) is 0 Å². The first-order chi connectivity index (χ1) is 9.38. The van der Waals surface area contributed by atoms with Crippen molar-refractivity contribution in [1.82, 2.24) is 5.43 Å².